The van der Waals surface area contributed by atoms with Crippen LogP contribution in [0.3, 0.4) is 0 Å². The van der Waals surface area contributed by atoms with Crippen molar-refractivity contribution in [1.29, 1.82) is 0 Å². The summed E-state index contributed by atoms with van der Waals surface area (Å²) >= 11 is 6.23. The molecule has 2 heterocycles. The zero-order valence-electron chi connectivity index (χ0n) is 14.1. The number of rotatable bonds is 4. The summed E-state index contributed by atoms with van der Waals surface area (Å²) in [6.07, 6.45) is 0.346. The van der Waals surface area contributed by atoms with Crippen molar-refractivity contribution < 1.29 is 9.59 Å². The van der Waals surface area contributed by atoms with Gasteiger partial charge in [-0.1, -0.05) is 35.9 Å². The van der Waals surface area contributed by atoms with E-state index in [4.69, 9.17) is 11.6 Å². The fourth-order valence-electron chi connectivity index (χ4n) is 3.46. The molecule has 7 heteroatoms. The number of halogens is 1. The molecule has 1 atom stereocenters. The van der Waals surface area contributed by atoms with Crippen LogP contribution in [0.15, 0.2) is 42.5 Å². The molecule has 2 aliphatic rings. The summed E-state index contributed by atoms with van der Waals surface area (Å²) in [4.78, 5) is 25.9. The number of hydrogen-bond donors (Lipinski definition) is 3. The fourth-order valence-corrected chi connectivity index (χ4v) is 3.68. The molecule has 2 aromatic carbocycles. The number of carbonyl (C=O) groups is 2. The Balaban J connectivity index is 1.46. The summed E-state index contributed by atoms with van der Waals surface area (Å²) in [5.41, 5.74) is 3.64. The maximum absolute atomic E-state index is 12.5. The third-order valence-corrected chi connectivity index (χ3v) is 5.06. The van der Waals surface area contributed by atoms with Gasteiger partial charge in [0, 0.05) is 37.8 Å². The van der Waals surface area contributed by atoms with E-state index < -0.39 is 0 Å². The molecule has 4 rings (SSSR count). The highest BCUT2D eigenvalue weighted by molar-refractivity contribution is 6.34. The Kier molecular flexibility index (Phi) is 4.53. The van der Waals surface area contributed by atoms with E-state index >= 15 is 0 Å². The average Bonchev–Trinajstić information content (AvgIpc) is 3.23. The van der Waals surface area contributed by atoms with Crippen LogP contribution < -0.4 is 20.9 Å². The van der Waals surface area contributed by atoms with Gasteiger partial charge in [0.2, 0.25) is 5.91 Å². The minimum absolute atomic E-state index is 0.0160. The molecule has 0 saturated carbocycles. The lowest BCUT2D eigenvalue weighted by molar-refractivity contribution is -0.116. The van der Waals surface area contributed by atoms with Crippen LogP contribution in [-0.4, -0.2) is 25.0 Å². The third-order valence-electron chi connectivity index (χ3n) is 4.74. The van der Waals surface area contributed by atoms with Gasteiger partial charge in [-0.15, -0.1) is 0 Å². The number of benzene rings is 2. The first-order valence-electron chi connectivity index (χ1n) is 8.58. The van der Waals surface area contributed by atoms with Gasteiger partial charge in [0.05, 0.1) is 10.7 Å². The monoisotopic (exact) mass is 370 g/mol. The van der Waals surface area contributed by atoms with Crippen molar-refractivity contribution in [1.82, 2.24) is 10.6 Å². The van der Waals surface area contributed by atoms with E-state index in [2.05, 4.69) is 28.1 Å². The minimum atomic E-state index is -0.179. The smallest absolute Gasteiger partial charge is 0.322 e. The van der Waals surface area contributed by atoms with Crippen LogP contribution in [0.1, 0.15) is 23.6 Å². The molecule has 26 heavy (non-hydrogen) atoms. The standard InChI is InChI=1S/C19H19ClN4O2/c20-15-6-5-13(9-17(15)24-8-7-21-19(24)26)23-18(25)10-16-14-4-2-1-3-12(14)11-22-16/h1-6,9,16,22H,7-8,10-11H2,(H,21,26)(H,23,25). The van der Waals surface area contributed by atoms with Gasteiger partial charge in [-0.2, -0.15) is 0 Å². The molecular formula is C19H19ClN4O2. The Bertz CT molecular complexity index is 870. The normalized spacial score (nSPS) is 18.6. The summed E-state index contributed by atoms with van der Waals surface area (Å²) in [6.45, 7) is 1.92. The predicted molar refractivity (Wildman–Crippen MR) is 101 cm³/mol. The molecule has 0 aliphatic carbocycles. The number of carbonyl (C=O) groups excluding carboxylic acids is 2. The molecule has 1 unspecified atom stereocenters. The molecule has 0 spiro atoms. The molecule has 3 amide bonds. The Labute approximate surface area is 156 Å². The molecule has 0 radical (unpaired) electrons. The molecule has 0 bridgehead atoms. The van der Waals surface area contributed by atoms with Crippen molar-refractivity contribution in [3.63, 3.8) is 0 Å². The van der Waals surface area contributed by atoms with E-state index in [0.717, 1.165) is 6.54 Å². The zero-order valence-corrected chi connectivity index (χ0v) is 14.8. The van der Waals surface area contributed by atoms with Gasteiger partial charge in [0.1, 0.15) is 0 Å². The maximum Gasteiger partial charge on any atom is 0.322 e. The van der Waals surface area contributed by atoms with Crippen LogP contribution in [-0.2, 0) is 11.3 Å². The fraction of sp³-hybridized carbons (Fsp3) is 0.263. The lowest BCUT2D eigenvalue weighted by Gasteiger charge is -2.18. The summed E-state index contributed by atoms with van der Waals surface area (Å²) in [5, 5.41) is 9.50. The molecular weight excluding hydrogens is 352 g/mol. The van der Waals surface area contributed by atoms with Crippen molar-refractivity contribution in [3.05, 3.63) is 58.6 Å². The van der Waals surface area contributed by atoms with Crippen LogP contribution in [0.4, 0.5) is 16.2 Å². The minimum Gasteiger partial charge on any atom is -0.336 e. The quantitative estimate of drug-likeness (QED) is 0.774. The molecule has 6 nitrogen and oxygen atoms in total. The number of nitrogens with zero attached hydrogens (tertiary/aromatic N) is 1. The second-order valence-corrected chi connectivity index (χ2v) is 6.84. The lowest BCUT2D eigenvalue weighted by Crippen LogP contribution is -2.28. The summed E-state index contributed by atoms with van der Waals surface area (Å²) in [7, 11) is 0. The Morgan fingerprint density at radius 1 is 1.27 bits per heavy atom. The molecule has 0 aromatic heterocycles. The van der Waals surface area contributed by atoms with E-state index in [-0.39, 0.29) is 18.0 Å². The number of anilines is 2. The van der Waals surface area contributed by atoms with Gasteiger partial charge < -0.3 is 16.0 Å². The number of fused-ring (bicyclic) bond motifs is 1. The maximum atomic E-state index is 12.5. The summed E-state index contributed by atoms with van der Waals surface area (Å²) < 4.78 is 0. The summed E-state index contributed by atoms with van der Waals surface area (Å²) in [5.74, 6) is -0.0849. The van der Waals surface area contributed by atoms with Gasteiger partial charge in [-0.05, 0) is 29.3 Å². The number of amides is 3. The van der Waals surface area contributed by atoms with E-state index in [9.17, 15) is 9.59 Å². The second-order valence-electron chi connectivity index (χ2n) is 6.43. The topological polar surface area (TPSA) is 73.5 Å². The first-order chi connectivity index (χ1) is 12.6. The van der Waals surface area contributed by atoms with Crippen molar-refractivity contribution in [2.45, 2.75) is 19.0 Å². The number of nitrogens with one attached hydrogen (secondary N) is 3. The zero-order chi connectivity index (χ0) is 18.1. The highest BCUT2D eigenvalue weighted by atomic mass is 35.5. The Morgan fingerprint density at radius 2 is 2.12 bits per heavy atom. The van der Waals surface area contributed by atoms with Gasteiger partial charge >= 0.3 is 6.03 Å². The third kappa shape index (κ3) is 3.25. The molecule has 1 fully saturated rings. The van der Waals surface area contributed by atoms with E-state index in [1.165, 1.54) is 11.1 Å². The van der Waals surface area contributed by atoms with Crippen LogP contribution in [0.5, 0.6) is 0 Å². The van der Waals surface area contributed by atoms with Crippen LogP contribution >= 0.6 is 11.6 Å². The lowest BCUT2D eigenvalue weighted by atomic mass is 10.0. The molecule has 134 valence electrons. The molecule has 1 saturated heterocycles. The number of urea groups is 1. The first kappa shape index (κ1) is 16.9. The van der Waals surface area contributed by atoms with Crippen LogP contribution in [0.2, 0.25) is 5.02 Å². The highest BCUT2D eigenvalue weighted by Gasteiger charge is 2.25. The van der Waals surface area contributed by atoms with Crippen molar-refractivity contribution >= 4 is 34.9 Å². The highest BCUT2D eigenvalue weighted by Crippen LogP contribution is 2.31. The molecule has 3 N–H and O–H groups in total. The molecule has 2 aromatic rings. The first-order valence-corrected chi connectivity index (χ1v) is 8.95. The summed E-state index contributed by atoms with van der Waals surface area (Å²) in [6, 6.07) is 13.1. The average molecular weight is 371 g/mol. The van der Waals surface area contributed by atoms with Gasteiger partial charge in [0.25, 0.3) is 0 Å². The molecule has 2 aliphatic heterocycles. The van der Waals surface area contributed by atoms with Gasteiger partial charge in [-0.25, -0.2) is 4.79 Å². The van der Waals surface area contributed by atoms with E-state index in [0.29, 0.717) is 35.9 Å². The Hall–Kier alpha value is -2.57. The predicted octanol–water partition coefficient (Wildman–Crippen LogP) is 3.04. The Morgan fingerprint density at radius 3 is 2.92 bits per heavy atom. The van der Waals surface area contributed by atoms with Crippen molar-refractivity contribution in [2.75, 3.05) is 23.3 Å². The second kappa shape index (κ2) is 6.97. The van der Waals surface area contributed by atoms with Crippen molar-refractivity contribution in [3.8, 4) is 0 Å². The van der Waals surface area contributed by atoms with Crippen LogP contribution in [0, 0.1) is 0 Å². The van der Waals surface area contributed by atoms with E-state index in [1.54, 1.807) is 23.1 Å². The van der Waals surface area contributed by atoms with E-state index in [1.807, 2.05) is 12.1 Å². The largest absolute Gasteiger partial charge is 0.336 e. The number of hydrogen-bond acceptors (Lipinski definition) is 3. The van der Waals surface area contributed by atoms with Gasteiger partial charge in [0.15, 0.2) is 0 Å². The SMILES string of the molecule is O=C(CC1NCc2ccccc21)Nc1ccc(Cl)c(N2CCNC2=O)c1. The van der Waals surface area contributed by atoms with Gasteiger partial charge in [-0.3, -0.25) is 9.69 Å². The van der Waals surface area contributed by atoms with Crippen molar-refractivity contribution in [2.24, 2.45) is 0 Å². The van der Waals surface area contributed by atoms with Crippen LogP contribution in [0.25, 0.3) is 0 Å².